The van der Waals surface area contributed by atoms with Crippen LogP contribution in [0.3, 0.4) is 0 Å². The van der Waals surface area contributed by atoms with E-state index in [0.29, 0.717) is 47.8 Å². The van der Waals surface area contributed by atoms with Crippen molar-refractivity contribution in [3.63, 3.8) is 0 Å². The lowest BCUT2D eigenvalue weighted by atomic mass is 10.1. The van der Waals surface area contributed by atoms with E-state index in [1.165, 1.54) is 0 Å². The summed E-state index contributed by atoms with van der Waals surface area (Å²) >= 11 is 0. The molecule has 8 heteroatoms. The third-order valence-electron chi connectivity index (χ3n) is 6.46. The molecule has 4 aromatic rings. The van der Waals surface area contributed by atoms with E-state index < -0.39 is 6.10 Å². The van der Waals surface area contributed by atoms with Gasteiger partial charge in [-0.1, -0.05) is 36.4 Å². The maximum atomic E-state index is 12.8. The van der Waals surface area contributed by atoms with Gasteiger partial charge in [-0.15, -0.1) is 0 Å². The number of carbonyl (C=O) groups is 1. The highest BCUT2D eigenvalue weighted by atomic mass is 16.5. The largest absolute Gasteiger partial charge is 0.491 e. The molecule has 204 valence electrons. The van der Waals surface area contributed by atoms with E-state index in [0.717, 1.165) is 10.9 Å². The van der Waals surface area contributed by atoms with Crippen molar-refractivity contribution in [2.24, 2.45) is 0 Å². The molecule has 1 amide bonds. The number of para-hydroxylation sites is 2. The van der Waals surface area contributed by atoms with Gasteiger partial charge in [0.15, 0.2) is 0 Å². The summed E-state index contributed by atoms with van der Waals surface area (Å²) in [4.78, 5) is 18.9. The topological polar surface area (TPSA) is 104 Å². The van der Waals surface area contributed by atoms with Gasteiger partial charge in [0.1, 0.15) is 30.0 Å². The molecule has 0 aliphatic carbocycles. The number of pyridine rings is 1. The number of fused-ring (bicyclic) bond motifs is 1. The number of aromatic nitrogens is 1. The smallest absolute Gasteiger partial charge is 0.255 e. The van der Waals surface area contributed by atoms with Crippen molar-refractivity contribution in [3.8, 4) is 17.2 Å². The van der Waals surface area contributed by atoms with Crippen molar-refractivity contribution in [2.45, 2.75) is 25.5 Å². The quantitative estimate of drug-likeness (QED) is 0.240. The number of hydrogen-bond acceptors (Lipinski definition) is 7. The number of benzene rings is 3. The van der Waals surface area contributed by atoms with E-state index in [2.05, 4.69) is 10.3 Å². The molecule has 0 fully saturated rings. The fraction of sp³-hybridized carbons (Fsp3) is 0.290. The molecule has 0 radical (unpaired) electrons. The average Bonchev–Trinajstić information content (AvgIpc) is 2.98. The zero-order chi connectivity index (χ0) is 27.6. The standard InChI is InChI=1S/C31H35N3O5/c1-3-34(2)31(37)28-11-7-10-27-29(16-17-32-30(27)28)39-26-14-12-22(13-15-26)18-23(20-35)33-19-24(36)21-38-25-8-5-4-6-9-25/h4-17,23-24,33,35-36H,3,18-21H2,1-2H3/t23-,24-/m0/s1. The number of rotatable bonds is 13. The van der Waals surface area contributed by atoms with Gasteiger partial charge in [0.05, 0.1) is 17.7 Å². The third kappa shape index (κ3) is 7.54. The van der Waals surface area contributed by atoms with Gasteiger partial charge in [-0.05, 0) is 61.4 Å². The van der Waals surface area contributed by atoms with Crippen LogP contribution in [-0.2, 0) is 6.42 Å². The lowest BCUT2D eigenvalue weighted by molar-refractivity contribution is 0.0804. The van der Waals surface area contributed by atoms with Crippen LogP contribution in [0.1, 0.15) is 22.8 Å². The molecule has 0 bridgehead atoms. The Morgan fingerprint density at radius 1 is 1.00 bits per heavy atom. The molecule has 3 N–H and O–H groups in total. The number of amides is 1. The number of hydrogen-bond donors (Lipinski definition) is 3. The summed E-state index contributed by atoms with van der Waals surface area (Å²) < 4.78 is 11.8. The molecule has 1 heterocycles. The molecular formula is C31H35N3O5. The van der Waals surface area contributed by atoms with Crippen molar-refractivity contribution >= 4 is 16.8 Å². The molecule has 0 saturated heterocycles. The molecule has 0 unspecified atom stereocenters. The lowest BCUT2D eigenvalue weighted by Gasteiger charge is -2.19. The summed E-state index contributed by atoms with van der Waals surface area (Å²) in [6.07, 6.45) is 1.52. The fourth-order valence-corrected chi connectivity index (χ4v) is 4.14. The minimum absolute atomic E-state index is 0.0677. The molecule has 0 saturated carbocycles. The number of ether oxygens (including phenoxy) is 2. The molecule has 8 nitrogen and oxygen atoms in total. The Bertz CT molecular complexity index is 1350. The van der Waals surface area contributed by atoms with Crippen LogP contribution in [0, 0.1) is 0 Å². The van der Waals surface area contributed by atoms with Crippen LogP contribution in [0.5, 0.6) is 17.2 Å². The molecule has 0 aliphatic heterocycles. The Kier molecular flexibility index (Phi) is 9.85. The molecule has 1 aromatic heterocycles. The van der Waals surface area contributed by atoms with Gasteiger partial charge in [-0.2, -0.15) is 0 Å². The van der Waals surface area contributed by atoms with Crippen molar-refractivity contribution in [3.05, 3.63) is 96.2 Å². The van der Waals surface area contributed by atoms with Crippen LogP contribution < -0.4 is 14.8 Å². The Labute approximate surface area is 228 Å². The highest BCUT2D eigenvalue weighted by molar-refractivity contribution is 6.06. The number of nitrogens with zero attached hydrogens (tertiary/aromatic N) is 2. The average molecular weight is 530 g/mol. The summed E-state index contributed by atoms with van der Waals surface area (Å²) in [6.45, 7) is 2.93. The van der Waals surface area contributed by atoms with E-state index in [-0.39, 0.29) is 25.2 Å². The summed E-state index contributed by atoms with van der Waals surface area (Å²) in [5.41, 5.74) is 2.15. The van der Waals surface area contributed by atoms with E-state index >= 15 is 0 Å². The van der Waals surface area contributed by atoms with Crippen LogP contribution in [0.2, 0.25) is 0 Å². The second kappa shape index (κ2) is 13.7. The molecule has 39 heavy (non-hydrogen) atoms. The molecular weight excluding hydrogens is 494 g/mol. The number of aliphatic hydroxyl groups excluding tert-OH is 2. The van der Waals surface area contributed by atoms with Crippen molar-refractivity contribution in [2.75, 3.05) is 33.4 Å². The molecule has 0 spiro atoms. The molecule has 0 aliphatic rings. The third-order valence-corrected chi connectivity index (χ3v) is 6.46. The Balaban J connectivity index is 1.35. The Morgan fingerprint density at radius 3 is 2.49 bits per heavy atom. The number of aliphatic hydroxyl groups is 2. The van der Waals surface area contributed by atoms with Gasteiger partial charge in [0.2, 0.25) is 0 Å². The van der Waals surface area contributed by atoms with Crippen molar-refractivity contribution < 1.29 is 24.5 Å². The van der Waals surface area contributed by atoms with E-state index in [1.54, 1.807) is 30.3 Å². The van der Waals surface area contributed by atoms with Crippen LogP contribution in [-0.4, -0.2) is 71.5 Å². The highest BCUT2D eigenvalue weighted by Crippen LogP contribution is 2.31. The van der Waals surface area contributed by atoms with Gasteiger partial charge < -0.3 is 29.9 Å². The minimum atomic E-state index is -0.705. The predicted molar refractivity (Wildman–Crippen MR) is 151 cm³/mol. The van der Waals surface area contributed by atoms with E-state index in [4.69, 9.17) is 9.47 Å². The maximum Gasteiger partial charge on any atom is 0.255 e. The summed E-state index contributed by atoms with van der Waals surface area (Å²) in [6, 6.07) is 24.1. The maximum absolute atomic E-state index is 12.8. The van der Waals surface area contributed by atoms with Crippen LogP contribution in [0.25, 0.3) is 10.9 Å². The van der Waals surface area contributed by atoms with Crippen LogP contribution >= 0.6 is 0 Å². The van der Waals surface area contributed by atoms with Gasteiger partial charge >= 0.3 is 0 Å². The first-order valence-electron chi connectivity index (χ1n) is 13.1. The van der Waals surface area contributed by atoms with Gasteiger partial charge in [-0.3, -0.25) is 9.78 Å². The first-order valence-corrected chi connectivity index (χ1v) is 13.1. The summed E-state index contributed by atoms with van der Waals surface area (Å²) in [7, 11) is 1.77. The minimum Gasteiger partial charge on any atom is -0.491 e. The fourth-order valence-electron chi connectivity index (χ4n) is 4.14. The SMILES string of the molecule is CCN(C)C(=O)c1cccc2c(Oc3ccc(C[C@@H](CO)NC[C@H](O)COc4ccccc4)cc3)ccnc12. The second-order valence-electron chi connectivity index (χ2n) is 9.35. The van der Waals surface area contributed by atoms with Crippen LogP contribution in [0.15, 0.2) is 85.1 Å². The second-order valence-corrected chi connectivity index (χ2v) is 9.35. The monoisotopic (exact) mass is 529 g/mol. The first kappa shape index (κ1) is 28.0. The van der Waals surface area contributed by atoms with Crippen LogP contribution in [0.4, 0.5) is 0 Å². The first-order chi connectivity index (χ1) is 19.0. The number of carbonyl (C=O) groups excluding carboxylic acids is 1. The summed E-state index contributed by atoms with van der Waals surface area (Å²) in [5.74, 6) is 1.88. The van der Waals surface area contributed by atoms with Crippen molar-refractivity contribution in [1.29, 1.82) is 0 Å². The normalized spacial score (nSPS) is 12.6. The highest BCUT2D eigenvalue weighted by Gasteiger charge is 2.17. The van der Waals surface area contributed by atoms with E-state index in [1.807, 2.05) is 73.7 Å². The van der Waals surface area contributed by atoms with Gasteiger partial charge in [0, 0.05) is 37.8 Å². The van der Waals surface area contributed by atoms with Gasteiger partial charge in [-0.25, -0.2) is 0 Å². The Hall–Kier alpha value is -3.98. The van der Waals surface area contributed by atoms with E-state index in [9.17, 15) is 15.0 Å². The molecule has 4 rings (SSSR count). The number of nitrogens with one attached hydrogen (secondary N) is 1. The van der Waals surface area contributed by atoms with Gasteiger partial charge in [0.25, 0.3) is 5.91 Å². The van der Waals surface area contributed by atoms with Crippen molar-refractivity contribution in [1.82, 2.24) is 15.2 Å². The summed E-state index contributed by atoms with van der Waals surface area (Å²) in [5, 5.41) is 24.1. The zero-order valence-corrected chi connectivity index (χ0v) is 22.3. The molecule has 3 aromatic carbocycles. The molecule has 2 atom stereocenters. The lowest BCUT2D eigenvalue weighted by Crippen LogP contribution is -2.41. The zero-order valence-electron chi connectivity index (χ0n) is 22.3. The Morgan fingerprint density at radius 2 is 1.77 bits per heavy atom. The predicted octanol–water partition coefficient (Wildman–Crippen LogP) is 4.05.